The molecule has 0 radical (unpaired) electrons. The minimum Gasteiger partial charge on any atom is -0.218 e. The average molecular weight is 320 g/mol. The van der Waals surface area contributed by atoms with Crippen LogP contribution in [0.3, 0.4) is 0 Å². The Balaban J connectivity index is 2.74. The van der Waals surface area contributed by atoms with Crippen LogP contribution in [0.25, 0.3) is 0 Å². The van der Waals surface area contributed by atoms with Gasteiger partial charge in [0.05, 0.1) is 11.5 Å². The quantitative estimate of drug-likeness (QED) is 0.732. The van der Waals surface area contributed by atoms with Gasteiger partial charge in [0, 0.05) is 6.54 Å². The second-order valence-corrected chi connectivity index (χ2v) is 8.28. The van der Waals surface area contributed by atoms with Crippen LogP contribution in [0.15, 0.2) is 24.3 Å². The third kappa shape index (κ3) is 6.00. The van der Waals surface area contributed by atoms with Crippen molar-refractivity contribution in [2.24, 2.45) is 0 Å². The standard InChI is InChI=1S/C12H20N2O4S2/c1-3-7-19(15,16)14-9-11-5-4-6-12(8-11)10-20(17,18)13-2/h4-6,8,13-14H,3,7,9-10H2,1-2H3. The zero-order valence-corrected chi connectivity index (χ0v) is 13.2. The van der Waals surface area contributed by atoms with E-state index in [0.717, 1.165) is 5.56 Å². The highest BCUT2D eigenvalue weighted by Gasteiger charge is 2.10. The molecule has 0 saturated carbocycles. The third-order valence-electron chi connectivity index (χ3n) is 2.63. The summed E-state index contributed by atoms with van der Waals surface area (Å²) in [4.78, 5) is 0. The van der Waals surface area contributed by atoms with E-state index in [1.165, 1.54) is 7.05 Å². The summed E-state index contributed by atoms with van der Waals surface area (Å²) in [7, 11) is -5.23. The molecule has 0 bridgehead atoms. The summed E-state index contributed by atoms with van der Waals surface area (Å²) >= 11 is 0. The maximum Gasteiger partial charge on any atom is 0.215 e. The third-order valence-corrected chi connectivity index (χ3v) is 5.49. The van der Waals surface area contributed by atoms with Gasteiger partial charge < -0.3 is 0 Å². The van der Waals surface area contributed by atoms with Crippen LogP contribution < -0.4 is 9.44 Å². The summed E-state index contributed by atoms with van der Waals surface area (Å²) in [6, 6.07) is 6.84. The minimum absolute atomic E-state index is 0.0842. The fraction of sp³-hybridized carbons (Fsp3) is 0.500. The van der Waals surface area contributed by atoms with Crippen molar-refractivity contribution < 1.29 is 16.8 Å². The van der Waals surface area contributed by atoms with Crippen molar-refractivity contribution in [3.05, 3.63) is 35.4 Å². The van der Waals surface area contributed by atoms with E-state index in [-0.39, 0.29) is 18.1 Å². The molecule has 0 spiro atoms. The second kappa shape index (κ2) is 7.16. The number of benzene rings is 1. The zero-order valence-electron chi connectivity index (χ0n) is 11.6. The molecule has 0 saturated heterocycles. The van der Waals surface area contributed by atoms with E-state index in [4.69, 9.17) is 0 Å². The fourth-order valence-electron chi connectivity index (χ4n) is 1.66. The molecule has 0 aliphatic heterocycles. The van der Waals surface area contributed by atoms with Crippen molar-refractivity contribution in [1.29, 1.82) is 0 Å². The van der Waals surface area contributed by atoms with Gasteiger partial charge in [0.1, 0.15) is 0 Å². The lowest BCUT2D eigenvalue weighted by molar-refractivity contribution is 0.579. The molecule has 0 fully saturated rings. The molecule has 1 aromatic rings. The van der Waals surface area contributed by atoms with Crippen molar-refractivity contribution in [2.45, 2.75) is 25.6 Å². The van der Waals surface area contributed by atoms with Gasteiger partial charge in [-0.1, -0.05) is 31.2 Å². The van der Waals surface area contributed by atoms with Gasteiger partial charge in [-0.3, -0.25) is 0 Å². The molecule has 0 unspecified atom stereocenters. The Bertz CT molecular complexity index is 639. The first-order valence-corrected chi connectivity index (χ1v) is 9.55. The average Bonchev–Trinajstić information content (AvgIpc) is 2.36. The van der Waals surface area contributed by atoms with Gasteiger partial charge >= 0.3 is 0 Å². The van der Waals surface area contributed by atoms with E-state index in [2.05, 4.69) is 9.44 Å². The van der Waals surface area contributed by atoms with E-state index in [1.54, 1.807) is 31.2 Å². The molecule has 0 heterocycles. The second-order valence-electron chi connectivity index (χ2n) is 4.42. The van der Waals surface area contributed by atoms with Crippen LogP contribution in [0.1, 0.15) is 24.5 Å². The Morgan fingerprint density at radius 2 is 1.70 bits per heavy atom. The summed E-state index contributed by atoms with van der Waals surface area (Å²) < 4.78 is 50.7. The highest BCUT2D eigenvalue weighted by atomic mass is 32.2. The monoisotopic (exact) mass is 320 g/mol. The Hall–Kier alpha value is -0.960. The molecule has 0 aromatic heterocycles. The van der Waals surface area contributed by atoms with E-state index < -0.39 is 20.0 Å². The van der Waals surface area contributed by atoms with Gasteiger partial charge in [-0.2, -0.15) is 0 Å². The zero-order chi connectivity index (χ0) is 15.2. The van der Waals surface area contributed by atoms with Crippen molar-refractivity contribution in [3.8, 4) is 0 Å². The van der Waals surface area contributed by atoms with Crippen LogP contribution in [0.4, 0.5) is 0 Å². The molecule has 1 rings (SSSR count). The lowest BCUT2D eigenvalue weighted by atomic mass is 10.1. The largest absolute Gasteiger partial charge is 0.218 e. The number of sulfonamides is 2. The molecular weight excluding hydrogens is 300 g/mol. The van der Waals surface area contributed by atoms with Crippen molar-refractivity contribution in [3.63, 3.8) is 0 Å². The lowest BCUT2D eigenvalue weighted by Gasteiger charge is -2.08. The first kappa shape index (κ1) is 17.1. The Morgan fingerprint density at radius 3 is 2.30 bits per heavy atom. The Kier molecular flexibility index (Phi) is 6.12. The van der Waals surface area contributed by atoms with Gasteiger partial charge in [0.25, 0.3) is 0 Å². The number of hydrogen-bond acceptors (Lipinski definition) is 4. The molecule has 114 valence electrons. The smallest absolute Gasteiger partial charge is 0.215 e. The van der Waals surface area contributed by atoms with Crippen molar-refractivity contribution >= 4 is 20.0 Å². The predicted molar refractivity (Wildman–Crippen MR) is 79.0 cm³/mol. The van der Waals surface area contributed by atoms with Crippen molar-refractivity contribution in [1.82, 2.24) is 9.44 Å². The van der Waals surface area contributed by atoms with Gasteiger partial charge in [0.15, 0.2) is 0 Å². The van der Waals surface area contributed by atoms with E-state index in [1.807, 2.05) is 0 Å². The van der Waals surface area contributed by atoms with E-state index in [9.17, 15) is 16.8 Å². The van der Waals surface area contributed by atoms with E-state index >= 15 is 0 Å². The topological polar surface area (TPSA) is 92.3 Å². The first-order valence-electron chi connectivity index (χ1n) is 6.24. The number of hydrogen-bond donors (Lipinski definition) is 2. The van der Waals surface area contributed by atoms with Crippen LogP contribution >= 0.6 is 0 Å². The normalized spacial score (nSPS) is 12.5. The fourth-order valence-corrected chi connectivity index (χ4v) is 3.49. The van der Waals surface area contributed by atoms with Crippen LogP contribution in [-0.2, 0) is 32.3 Å². The maximum absolute atomic E-state index is 11.5. The highest BCUT2D eigenvalue weighted by Crippen LogP contribution is 2.09. The summed E-state index contributed by atoms with van der Waals surface area (Å²) in [5.41, 5.74) is 1.35. The van der Waals surface area contributed by atoms with Gasteiger partial charge in [0.2, 0.25) is 20.0 Å². The highest BCUT2D eigenvalue weighted by molar-refractivity contribution is 7.89. The number of rotatable bonds is 8. The SMILES string of the molecule is CCCS(=O)(=O)NCc1cccc(CS(=O)(=O)NC)c1. The van der Waals surface area contributed by atoms with E-state index in [0.29, 0.717) is 12.0 Å². The van der Waals surface area contributed by atoms with Crippen LogP contribution in [0.5, 0.6) is 0 Å². The van der Waals surface area contributed by atoms with Gasteiger partial charge in [-0.05, 0) is 24.6 Å². The summed E-state index contributed by atoms with van der Waals surface area (Å²) in [6.45, 7) is 1.96. The molecule has 0 atom stereocenters. The molecule has 1 aromatic carbocycles. The Labute approximate surface area is 120 Å². The molecule has 20 heavy (non-hydrogen) atoms. The number of nitrogens with one attached hydrogen (secondary N) is 2. The van der Waals surface area contributed by atoms with Crippen molar-refractivity contribution in [2.75, 3.05) is 12.8 Å². The summed E-state index contributed by atoms with van der Waals surface area (Å²) in [5, 5.41) is 0. The van der Waals surface area contributed by atoms with Crippen LogP contribution in [0.2, 0.25) is 0 Å². The van der Waals surface area contributed by atoms with Crippen LogP contribution in [-0.4, -0.2) is 29.6 Å². The summed E-state index contributed by atoms with van der Waals surface area (Å²) in [6.07, 6.45) is 0.551. The molecule has 8 heteroatoms. The first-order chi connectivity index (χ1) is 9.28. The molecule has 6 nitrogen and oxygen atoms in total. The van der Waals surface area contributed by atoms with Gasteiger partial charge in [-0.15, -0.1) is 0 Å². The molecule has 0 aliphatic carbocycles. The Morgan fingerprint density at radius 1 is 1.05 bits per heavy atom. The molecular formula is C12H20N2O4S2. The molecule has 0 amide bonds. The molecule has 0 aliphatic rings. The minimum atomic E-state index is -3.33. The van der Waals surface area contributed by atoms with Gasteiger partial charge in [-0.25, -0.2) is 26.3 Å². The maximum atomic E-state index is 11.5. The molecule has 2 N–H and O–H groups in total. The summed E-state index contributed by atoms with van der Waals surface area (Å²) in [5.74, 6) is -0.0418. The van der Waals surface area contributed by atoms with Crippen LogP contribution in [0, 0.1) is 0 Å². The lowest BCUT2D eigenvalue weighted by Crippen LogP contribution is -2.25. The predicted octanol–water partition coefficient (Wildman–Crippen LogP) is 0.565.